The summed E-state index contributed by atoms with van der Waals surface area (Å²) in [5, 5.41) is 8.51. The van der Waals surface area contributed by atoms with Crippen molar-refractivity contribution in [3.8, 4) is 22.6 Å². The van der Waals surface area contributed by atoms with Gasteiger partial charge in [0.15, 0.2) is 5.82 Å². The lowest BCUT2D eigenvalue weighted by molar-refractivity contribution is 0.627. The van der Waals surface area contributed by atoms with Crippen molar-refractivity contribution in [2.45, 2.75) is 26.7 Å². The van der Waals surface area contributed by atoms with Crippen LogP contribution in [0.15, 0.2) is 36.4 Å². The average molecular weight is 363 g/mol. The topological polar surface area (TPSA) is 83.4 Å². The van der Waals surface area contributed by atoms with Crippen molar-refractivity contribution >= 4 is 10.9 Å². The molecule has 138 valence electrons. The zero-order valence-electron chi connectivity index (χ0n) is 15.4. The van der Waals surface area contributed by atoms with Crippen molar-refractivity contribution < 1.29 is 4.39 Å². The summed E-state index contributed by atoms with van der Waals surface area (Å²) in [6.45, 7) is 4.62. The maximum atomic E-state index is 13.8. The van der Waals surface area contributed by atoms with Crippen LogP contribution in [0.2, 0.25) is 0 Å². The molecule has 0 spiro atoms. The molecule has 0 saturated carbocycles. The molecule has 0 unspecified atom stereocenters. The van der Waals surface area contributed by atoms with E-state index in [0.29, 0.717) is 6.54 Å². The van der Waals surface area contributed by atoms with Gasteiger partial charge in [-0.25, -0.2) is 9.37 Å². The number of benzene rings is 2. The smallest absolute Gasteiger partial charge is 0.159 e. The van der Waals surface area contributed by atoms with E-state index in [-0.39, 0.29) is 5.82 Å². The van der Waals surface area contributed by atoms with E-state index < -0.39 is 0 Å². The third-order valence-corrected chi connectivity index (χ3v) is 4.92. The molecular formula is C21H22FN5. The number of imidazole rings is 1. The molecule has 6 heteroatoms. The van der Waals surface area contributed by atoms with Gasteiger partial charge in [-0.05, 0) is 60.8 Å². The number of nitrogens with one attached hydrogen (secondary N) is 2. The van der Waals surface area contributed by atoms with E-state index >= 15 is 0 Å². The van der Waals surface area contributed by atoms with Gasteiger partial charge >= 0.3 is 0 Å². The molecule has 0 radical (unpaired) electrons. The number of nitrogens with zero attached hydrogens (tertiary/aromatic N) is 2. The Morgan fingerprint density at radius 2 is 2.00 bits per heavy atom. The Morgan fingerprint density at radius 3 is 2.78 bits per heavy atom. The van der Waals surface area contributed by atoms with E-state index in [1.165, 1.54) is 6.07 Å². The van der Waals surface area contributed by atoms with Crippen molar-refractivity contribution in [2.24, 2.45) is 5.73 Å². The first-order valence-electron chi connectivity index (χ1n) is 9.13. The number of halogens is 1. The maximum absolute atomic E-state index is 13.8. The van der Waals surface area contributed by atoms with Crippen molar-refractivity contribution in [2.75, 3.05) is 6.54 Å². The Labute approximate surface area is 156 Å². The Kier molecular flexibility index (Phi) is 4.49. The van der Waals surface area contributed by atoms with Gasteiger partial charge in [-0.15, -0.1) is 0 Å². The number of rotatable bonds is 5. The Balaban J connectivity index is 1.78. The molecule has 4 aromatic rings. The monoisotopic (exact) mass is 363 g/mol. The molecule has 0 saturated heterocycles. The average Bonchev–Trinajstić information content (AvgIpc) is 3.25. The summed E-state index contributed by atoms with van der Waals surface area (Å²) in [4.78, 5) is 7.94. The van der Waals surface area contributed by atoms with Gasteiger partial charge in [-0.1, -0.05) is 19.1 Å². The molecular weight excluding hydrogens is 341 g/mol. The van der Waals surface area contributed by atoms with Crippen LogP contribution in [0.3, 0.4) is 0 Å². The first-order chi connectivity index (χ1) is 13.1. The second-order valence-electron chi connectivity index (χ2n) is 6.68. The molecule has 0 aliphatic rings. The van der Waals surface area contributed by atoms with Gasteiger partial charge in [0.1, 0.15) is 11.5 Å². The summed E-state index contributed by atoms with van der Waals surface area (Å²) in [7, 11) is 0. The Morgan fingerprint density at radius 1 is 1.15 bits per heavy atom. The first kappa shape index (κ1) is 17.4. The molecule has 5 nitrogen and oxygen atoms in total. The SMILES string of the molecule is CCc1ccc(F)cc1-c1ccc2c(-c3nc(CCN)c(C)[nH]3)n[nH]c2c1. The molecule has 0 fully saturated rings. The normalized spacial score (nSPS) is 11.4. The molecule has 2 heterocycles. The summed E-state index contributed by atoms with van der Waals surface area (Å²) in [6.07, 6.45) is 1.58. The molecule has 0 aliphatic carbocycles. The van der Waals surface area contributed by atoms with Crippen LogP contribution in [0.1, 0.15) is 23.9 Å². The van der Waals surface area contributed by atoms with Crippen LogP contribution in [-0.2, 0) is 12.8 Å². The Bertz CT molecular complexity index is 1110. The zero-order chi connectivity index (χ0) is 19.0. The second kappa shape index (κ2) is 6.96. The maximum Gasteiger partial charge on any atom is 0.159 e. The molecule has 0 atom stereocenters. The molecule has 4 rings (SSSR count). The van der Waals surface area contributed by atoms with Gasteiger partial charge in [0.2, 0.25) is 0 Å². The van der Waals surface area contributed by atoms with Crippen LogP contribution in [0, 0.1) is 12.7 Å². The molecule has 27 heavy (non-hydrogen) atoms. The fraction of sp³-hybridized carbons (Fsp3) is 0.238. The highest BCUT2D eigenvalue weighted by Crippen LogP contribution is 2.31. The largest absolute Gasteiger partial charge is 0.340 e. The van der Waals surface area contributed by atoms with Crippen molar-refractivity contribution in [3.05, 3.63) is 59.2 Å². The zero-order valence-corrected chi connectivity index (χ0v) is 15.4. The van der Waals surface area contributed by atoms with Gasteiger partial charge in [-0.2, -0.15) is 5.10 Å². The van der Waals surface area contributed by atoms with Crippen LogP contribution >= 0.6 is 0 Å². The van der Waals surface area contributed by atoms with E-state index in [9.17, 15) is 4.39 Å². The van der Waals surface area contributed by atoms with Crippen LogP contribution in [0.5, 0.6) is 0 Å². The fourth-order valence-electron chi connectivity index (χ4n) is 3.48. The number of aromatic amines is 2. The van der Waals surface area contributed by atoms with Crippen molar-refractivity contribution in [1.82, 2.24) is 20.2 Å². The minimum Gasteiger partial charge on any atom is -0.340 e. The lowest BCUT2D eigenvalue weighted by Gasteiger charge is -2.08. The van der Waals surface area contributed by atoms with Gasteiger partial charge < -0.3 is 10.7 Å². The molecule has 0 amide bonds. The second-order valence-corrected chi connectivity index (χ2v) is 6.68. The van der Waals surface area contributed by atoms with Crippen LogP contribution < -0.4 is 5.73 Å². The number of aromatic nitrogens is 4. The number of hydrogen-bond donors (Lipinski definition) is 3. The number of nitrogens with two attached hydrogens (primary N) is 1. The first-order valence-corrected chi connectivity index (χ1v) is 9.13. The van der Waals surface area contributed by atoms with E-state index in [0.717, 1.165) is 63.3 Å². The van der Waals surface area contributed by atoms with Crippen molar-refractivity contribution in [1.29, 1.82) is 0 Å². The number of fused-ring (bicyclic) bond motifs is 1. The minimum absolute atomic E-state index is 0.230. The number of aryl methyl sites for hydroxylation is 2. The lowest BCUT2D eigenvalue weighted by Crippen LogP contribution is -2.03. The third-order valence-electron chi connectivity index (χ3n) is 4.92. The summed E-state index contributed by atoms with van der Waals surface area (Å²) >= 11 is 0. The van der Waals surface area contributed by atoms with E-state index in [4.69, 9.17) is 5.73 Å². The van der Waals surface area contributed by atoms with Gasteiger partial charge in [-0.3, -0.25) is 5.10 Å². The molecule has 2 aromatic carbocycles. The van der Waals surface area contributed by atoms with Gasteiger partial charge in [0.25, 0.3) is 0 Å². The highest BCUT2D eigenvalue weighted by molar-refractivity contribution is 5.94. The van der Waals surface area contributed by atoms with Gasteiger partial charge in [0, 0.05) is 17.5 Å². The van der Waals surface area contributed by atoms with E-state index in [2.05, 4.69) is 27.1 Å². The molecule has 0 aliphatic heterocycles. The summed E-state index contributed by atoms with van der Waals surface area (Å²) in [5.74, 6) is 0.501. The Hall–Kier alpha value is -2.99. The molecule has 0 bridgehead atoms. The standard InChI is InChI=1S/C21H22FN5/c1-3-13-4-6-15(22)11-17(13)14-5-7-16-19(10-14)26-27-20(16)21-24-12(2)18(25-21)8-9-23/h4-7,10-11H,3,8-9,23H2,1-2H3,(H,24,25)(H,26,27). The van der Waals surface area contributed by atoms with E-state index in [1.54, 1.807) is 6.07 Å². The number of H-pyrrole nitrogens is 2. The third kappa shape index (κ3) is 3.13. The summed E-state index contributed by atoms with van der Waals surface area (Å²) in [6, 6.07) is 11.0. The summed E-state index contributed by atoms with van der Waals surface area (Å²) in [5.41, 5.74) is 12.3. The predicted octanol–water partition coefficient (Wildman–Crippen LogP) is 4.13. The minimum atomic E-state index is -0.230. The highest BCUT2D eigenvalue weighted by Gasteiger charge is 2.15. The quantitative estimate of drug-likeness (QED) is 0.498. The van der Waals surface area contributed by atoms with Crippen molar-refractivity contribution in [3.63, 3.8) is 0 Å². The van der Waals surface area contributed by atoms with Crippen LogP contribution in [-0.4, -0.2) is 26.7 Å². The molecule has 4 N–H and O–H groups in total. The lowest BCUT2D eigenvalue weighted by atomic mass is 9.97. The van der Waals surface area contributed by atoms with E-state index in [1.807, 2.05) is 31.2 Å². The summed E-state index contributed by atoms with van der Waals surface area (Å²) < 4.78 is 13.8. The van der Waals surface area contributed by atoms with Gasteiger partial charge in [0.05, 0.1) is 11.2 Å². The fourth-order valence-corrected chi connectivity index (χ4v) is 3.48. The predicted molar refractivity (Wildman–Crippen MR) is 106 cm³/mol. The van der Waals surface area contributed by atoms with Crippen LogP contribution in [0.25, 0.3) is 33.5 Å². The number of hydrogen-bond acceptors (Lipinski definition) is 3. The molecule has 2 aromatic heterocycles. The van der Waals surface area contributed by atoms with Crippen LogP contribution in [0.4, 0.5) is 4.39 Å². The highest BCUT2D eigenvalue weighted by atomic mass is 19.1.